The molecule has 1 aliphatic rings. The molecule has 0 aliphatic heterocycles. The second kappa shape index (κ2) is 8.71. The Morgan fingerprint density at radius 1 is 0.926 bits per heavy atom. The highest BCUT2D eigenvalue weighted by molar-refractivity contribution is 6.00. The Hall–Kier alpha value is -2.82. The first kappa shape index (κ1) is 19.0. The number of carbonyl (C=O) groups excluding carboxylic acids is 2. The predicted octanol–water partition coefficient (Wildman–Crippen LogP) is 3.55. The molecule has 0 spiro atoms. The van der Waals surface area contributed by atoms with Gasteiger partial charge in [-0.2, -0.15) is 0 Å². The van der Waals surface area contributed by atoms with Gasteiger partial charge in [-0.3, -0.25) is 9.59 Å². The molecular formula is C22H24O5. The van der Waals surface area contributed by atoms with Gasteiger partial charge in [0.1, 0.15) is 11.5 Å². The molecular weight excluding hydrogens is 344 g/mol. The number of hydrogen-bond acceptors (Lipinski definition) is 5. The maximum atomic E-state index is 12.4. The summed E-state index contributed by atoms with van der Waals surface area (Å²) in [5.74, 6) is 0.219. The Bertz CT molecular complexity index is 841. The van der Waals surface area contributed by atoms with Gasteiger partial charge in [0.2, 0.25) is 5.78 Å². The molecule has 1 aliphatic carbocycles. The summed E-state index contributed by atoms with van der Waals surface area (Å²) in [6, 6.07) is 11.1. The minimum atomic E-state index is -0.416. The molecule has 0 fully saturated rings. The number of methoxy groups -OCH3 is 2. The van der Waals surface area contributed by atoms with Crippen LogP contribution in [0.5, 0.6) is 11.5 Å². The number of rotatable bonds is 7. The first-order valence-corrected chi connectivity index (χ1v) is 9.12. The maximum Gasteiger partial charge on any atom is 0.310 e. The lowest BCUT2D eigenvalue weighted by atomic mass is 9.90. The molecule has 0 heterocycles. The van der Waals surface area contributed by atoms with Crippen molar-refractivity contribution in [2.75, 3.05) is 20.8 Å². The molecule has 2 aromatic carbocycles. The molecule has 0 saturated heterocycles. The lowest BCUT2D eigenvalue weighted by Gasteiger charge is -2.16. The number of benzene rings is 2. The monoisotopic (exact) mass is 368 g/mol. The molecule has 2 aromatic rings. The van der Waals surface area contributed by atoms with Gasteiger partial charge < -0.3 is 14.2 Å². The molecule has 5 nitrogen and oxygen atoms in total. The summed E-state index contributed by atoms with van der Waals surface area (Å²) in [5.41, 5.74) is 3.95. The molecule has 5 heteroatoms. The van der Waals surface area contributed by atoms with E-state index < -0.39 is 5.97 Å². The van der Waals surface area contributed by atoms with Crippen molar-refractivity contribution in [1.82, 2.24) is 0 Å². The molecule has 27 heavy (non-hydrogen) atoms. The van der Waals surface area contributed by atoms with Crippen LogP contribution in [0, 0.1) is 0 Å². The quantitative estimate of drug-likeness (QED) is 0.552. The van der Waals surface area contributed by atoms with E-state index in [1.54, 1.807) is 18.2 Å². The van der Waals surface area contributed by atoms with Crippen molar-refractivity contribution in [1.29, 1.82) is 0 Å². The largest absolute Gasteiger partial charge is 0.497 e. The zero-order valence-corrected chi connectivity index (χ0v) is 15.7. The van der Waals surface area contributed by atoms with Crippen molar-refractivity contribution in [3.63, 3.8) is 0 Å². The molecule has 142 valence electrons. The highest BCUT2D eigenvalue weighted by Crippen LogP contribution is 2.25. The second-order valence-electron chi connectivity index (χ2n) is 6.64. The molecule has 0 aromatic heterocycles. The van der Waals surface area contributed by atoms with Gasteiger partial charge in [0.15, 0.2) is 6.61 Å². The number of ether oxygens (including phenoxy) is 3. The Morgan fingerprint density at radius 3 is 2.44 bits per heavy atom. The summed E-state index contributed by atoms with van der Waals surface area (Å²) >= 11 is 0. The maximum absolute atomic E-state index is 12.4. The SMILES string of the molecule is COc1ccc(OC)c(C(=O)COC(=O)Cc2ccc3c(c2)CCCC3)c1. The molecule has 0 unspecified atom stereocenters. The summed E-state index contributed by atoms with van der Waals surface area (Å²) in [5, 5.41) is 0. The Kier molecular flexibility index (Phi) is 6.12. The van der Waals surface area contributed by atoms with Gasteiger partial charge >= 0.3 is 5.97 Å². The van der Waals surface area contributed by atoms with E-state index in [1.807, 2.05) is 6.07 Å². The normalized spacial score (nSPS) is 12.8. The number of ketones is 1. The summed E-state index contributed by atoms with van der Waals surface area (Å²) < 4.78 is 15.5. The topological polar surface area (TPSA) is 61.8 Å². The average molecular weight is 368 g/mol. The molecule has 0 saturated carbocycles. The molecule has 0 N–H and O–H groups in total. The van der Waals surface area contributed by atoms with Crippen molar-refractivity contribution in [3.8, 4) is 11.5 Å². The fraction of sp³-hybridized carbons (Fsp3) is 0.364. The number of Topliss-reactive ketones (excluding diaryl/α,β-unsaturated/α-hetero) is 1. The van der Waals surface area contributed by atoms with Crippen molar-refractivity contribution < 1.29 is 23.8 Å². The van der Waals surface area contributed by atoms with E-state index in [9.17, 15) is 9.59 Å². The van der Waals surface area contributed by atoms with E-state index in [-0.39, 0.29) is 18.8 Å². The number of fused-ring (bicyclic) bond motifs is 1. The smallest absolute Gasteiger partial charge is 0.310 e. The van der Waals surface area contributed by atoms with Crippen molar-refractivity contribution in [2.45, 2.75) is 32.1 Å². The van der Waals surface area contributed by atoms with Crippen LogP contribution in [0.1, 0.15) is 39.9 Å². The van der Waals surface area contributed by atoms with E-state index >= 15 is 0 Å². The van der Waals surface area contributed by atoms with Crippen LogP contribution < -0.4 is 9.47 Å². The minimum absolute atomic E-state index is 0.163. The third-order valence-electron chi connectivity index (χ3n) is 4.83. The Labute approximate surface area is 159 Å². The molecule has 0 radical (unpaired) electrons. The Morgan fingerprint density at radius 2 is 1.70 bits per heavy atom. The van der Waals surface area contributed by atoms with Crippen LogP contribution in [0.25, 0.3) is 0 Å². The highest BCUT2D eigenvalue weighted by atomic mass is 16.5. The molecule has 0 bridgehead atoms. The van der Waals surface area contributed by atoms with Crippen LogP contribution in [0.4, 0.5) is 0 Å². The van der Waals surface area contributed by atoms with Crippen LogP contribution >= 0.6 is 0 Å². The van der Waals surface area contributed by atoms with Gasteiger partial charge in [0.05, 0.1) is 26.2 Å². The standard InChI is InChI=1S/C22H24O5/c1-25-18-9-10-21(26-2)19(13-18)20(23)14-27-22(24)12-15-7-8-16-5-3-4-6-17(16)11-15/h7-11,13H,3-6,12,14H2,1-2H3. The lowest BCUT2D eigenvalue weighted by Crippen LogP contribution is -2.16. The van der Waals surface area contributed by atoms with Crippen LogP contribution in [0.3, 0.4) is 0 Å². The first-order valence-electron chi connectivity index (χ1n) is 9.12. The predicted molar refractivity (Wildman–Crippen MR) is 102 cm³/mol. The van der Waals surface area contributed by atoms with E-state index in [4.69, 9.17) is 14.2 Å². The number of hydrogen-bond donors (Lipinski definition) is 0. The van der Waals surface area contributed by atoms with Gasteiger partial charge in [-0.1, -0.05) is 18.2 Å². The van der Waals surface area contributed by atoms with E-state index in [0.717, 1.165) is 18.4 Å². The number of esters is 1. The van der Waals surface area contributed by atoms with Crippen LogP contribution in [-0.2, 0) is 28.8 Å². The number of aryl methyl sites for hydroxylation is 2. The zero-order chi connectivity index (χ0) is 19.2. The number of carbonyl (C=O) groups is 2. The minimum Gasteiger partial charge on any atom is -0.497 e. The summed E-state index contributed by atoms with van der Waals surface area (Å²) in [4.78, 5) is 24.6. The van der Waals surface area contributed by atoms with Gasteiger partial charge in [-0.25, -0.2) is 0 Å². The van der Waals surface area contributed by atoms with Gasteiger partial charge in [-0.15, -0.1) is 0 Å². The molecule has 0 atom stereocenters. The van der Waals surface area contributed by atoms with Crippen LogP contribution in [0.2, 0.25) is 0 Å². The third-order valence-corrected chi connectivity index (χ3v) is 4.83. The van der Waals surface area contributed by atoms with Crippen LogP contribution in [-0.4, -0.2) is 32.6 Å². The fourth-order valence-corrected chi connectivity index (χ4v) is 3.37. The first-order chi connectivity index (χ1) is 13.1. The summed E-state index contributed by atoms with van der Waals surface area (Å²) in [7, 11) is 3.01. The third kappa shape index (κ3) is 4.67. The average Bonchev–Trinajstić information content (AvgIpc) is 2.71. The molecule has 0 amide bonds. The fourth-order valence-electron chi connectivity index (χ4n) is 3.37. The molecule has 3 rings (SSSR count). The van der Waals surface area contributed by atoms with Crippen LogP contribution in [0.15, 0.2) is 36.4 Å². The van der Waals surface area contributed by atoms with Crippen molar-refractivity contribution in [3.05, 3.63) is 58.7 Å². The Balaban J connectivity index is 1.60. The summed E-state index contributed by atoms with van der Waals surface area (Å²) in [6.07, 6.45) is 4.75. The lowest BCUT2D eigenvalue weighted by molar-refractivity contribution is -0.141. The summed E-state index contributed by atoms with van der Waals surface area (Å²) in [6.45, 7) is -0.326. The van der Waals surface area contributed by atoms with Gasteiger partial charge in [-0.05, 0) is 60.6 Å². The van der Waals surface area contributed by atoms with E-state index in [1.165, 1.54) is 38.2 Å². The second-order valence-corrected chi connectivity index (χ2v) is 6.64. The van der Waals surface area contributed by atoms with E-state index in [2.05, 4.69) is 12.1 Å². The van der Waals surface area contributed by atoms with Crippen molar-refractivity contribution >= 4 is 11.8 Å². The van der Waals surface area contributed by atoms with Crippen molar-refractivity contribution in [2.24, 2.45) is 0 Å². The van der Waals surface area contributed by atoms with Gasteiger partial charge in [0, 0.05) is 0 Å². The van der Waals surface area contributed by atoms with E-state index in [0.29, 0.717) is 17.1 Å². The van der Waals surface area contributed by atoms with Gasteiger partial charge in [0.25, 0.3) is 0 Å². The zero-order valence-electron chi connectivity index (χ0n) is 15.7. The highest BCUT2D eigenvalue weighted by Gasteiger charge is 2.17.